The van der Waals surface area contributed by atoms with Crippen LogP contribution >= 0.6 is 0 Å². The SMILES string of the molecule is [2H]c1c([2H])c([2H])c(-c2nc(Cc3cccc4oc5ccc(Cc6ccc7c(c6)c6ccccc6n7-c6ccccc6)cc5c34)nc(-c3c([2H])c([2H])c([2H])c([2H])c3[2H])n2)c([2H])c1[2H]. The minimum atomic E-state index is -0.600. The molecule has 7 aromatic carbocycles. The second-order valence-corrected chi connectivity index (χ2v) is 12.5. The zero-order valence-electron chi connectivity index (χ0n) is 37.5. The van der Waals surface area contributed by atoms with E-state index in [0.29, 0.717) is 17.6 Å². The van der Waals surface area contributed by atoms with Crippen molar-refractivity contribution in [3.63, 3.8) is 0 Å². The van der Waals surface area contributed by atoms with Gasteiger partial charge in [0.05, 0.1) is 24.7 Å². The monoisotopic (exact) mass is 678 g/mol. The van der Waals surface area contributed by atoms with Gasteiger partial charge in [0.15, 0.2) is 11.6 Å². The highest BCUT2D eigenvalue weighted by Gasteiger charge is 2.17. The van der Waals surface area contributed by atoms with Gasteiger partial charge in [0.2, 0.25) is 0 Å². The van der Waals surface area contributed by atoms with Crippen molar-refractivity contribution >= 4 is 43.7 Å². The molecule has 10 rings (SSSR count). The highest BCUT2D eigenvalue weighted by molar-refractivity contribution is 6.10. The lowest BCUT2D eigenvalue weighted by Gasteiger charge is -2.09. The van der Waals surface area contributed by atoms with E-state index in [2.05, 4.69) is 80.2 Å². The fraction of sp³-hybridized carbons (Fsp3) is 0.0426. The first kappa shape index (κ1) is 21.4. The lowest BCUT2D eigenvalue weighted by atomic mass is 9.99. The van der Waals surface area contributed by atoms with Crippen LogP contribution in [-0.4, -0.2) is 19.5 Å². The summed E-state index contributed by atoms with van der Waals surface area (Å²) in [5.74, 6) is -0.530. The average Bonchev–Trinajstić information content (AvgIpc) is 3.82. The number of rotatable bonds is 7. The van der Waals surface area contributed by atoms with Crippen molar-refractivity contribution < 1.29 is 18.1 Å². The Hall–Kier alpha value is -6.85. The molecular formula is C47H32N4O. The molecule has 0 bridgehead atoms. The van der Waals surface area contributed by atoms with Crippen molar-refractivity contribution in [2.45, 2.75) is 12.8 Å². The first-order valence-electron chi connectivity index (χ1n) is 21.8. The molecule has 0 fully saturated rings. The number of hydrogen-bond donors (Lipinski definition) is 0. The van der Waals surface area contributed by atoms with E-state index in [1.165, 1.54) is 0 Å². The standard InChI is InChI=1S/C47H32N4O/c1-4-13-33(14-5-1)46-48-44(49-47(50-46)34-15-6-2-7-16-34)30-35-17-12-22-43-45(35)39-29-32(24-26-42(39)52-43)27-31-23-25-41-38(28-31)37-20-10-11-21-40(37)51(41)36-18-8-3-9-19-36/h1-26,28-29H,27,30H2/i1D,2D,4D,5D,6D,7D,13D,14D,15D,16D. The first-order chi connectivity index (χ1) is 29.9. The summed E-state index contributed by atoms with van der Waals surface area (Å²) < 4.78 is 92.7. The molecule has 0 spiro atoms. The Kier molecular flexibility index (Phi) is 5.13. The van der Waals surface area contributed by atoms with E-state index in [1.807, 2.05) is 48.5 Å². The van der Waals surface area contributed by atoms with Gasteiger partial charge in [0.1, 0.15) is 17.0 Å². The van der Waals surface area contributed by atoms with Crippen LogP contribution in [0.2, 0.25) is 0 Å². The Morgan fingerprint density at radius 1 is 0.519 bits per heavy atom. The minimum absolute atomic E-state index is 0.0260. The quantitative estimate of drug-likeness (QED) is 0.168. The number of hydrogen-bond acceptors (Lipinski definition) is 4. The molecule has 0 aliphatic carbocycles. The van der Waals surface area contributed by atoms with Crippen molar-refractivity contribution in [3.05, 3.63) is 192 Å². The molecule has 0 saturated heterocycles. The maximum absolute atomic E-state index is 8.67. The molecule has 246 valence electrons. The largest absolute Gasteiger partial charge is 0.456 e. The fourth-order valence-corrected chi connectivity index (χ4v) is 7.04. The van der Waals surface area contributed by atoms with Crippen molar-refractivity contribution in [2.75, 3.05) is 0 Å². The van der Waals surface area contributed by atoms with Crippen LogP contribution < -0.4 is 0 Å². The lowest BCUT2D eigenvalue weighted by molar-refractivity contribution is 0.668. The van der Waals surface area contributed by atoms with Crippen LogP contribution in [0.5, 0.6) is 0 Å². The molecule has 0 aliphatic rings. The number of fused-ring (bicyclic) bond motifs is 6. The van der Waals surface area contributed by atoms with E-state index in [0.717, 1.165) is 55.0 Å². The van der Waals surface area contributed by atoms with Gasteiger partial charge in [0, 0.05) is 44.8 Å². The highest BCUT2D eigenvalue weighted by Crippen LogP contribution is 2.36. The van der Waals surface area contributed by atoms with E-state index < -0.39 is 60.4 Å². The molecule has 3 aromatic heterocycles. The first-order valence-corrected chi connectivity index (χ1v) is 16.8. The molecule has 0 N–H and O–H groups in total. The molecule has 0 radical (unpaired) electrons. The van der Waals surface area contributed by atoms with Gasteiger partial charge in [-0.3, -0.25) is 0 Å². The van der Waals surface area contributed by atoms with E-state index in [4.69, 9.17) is 18.1 Å². The Bertz CT molecular complexity index is 3350. The number of benzene rings is 7. The third-order valence-electron chi connectivity index (χ3n) is 9.28. The van der Waals surface area contributed by atoms with E-state index in [9.17, 15) is 0 Å². The van der Waals surface area contributed by atoms with Gasteiger partial charge in [-0.15, -0.1) is 0 Å². The normalized spacial score (nSPS) is 14.3. The summed E-state index contributed by atoms with van der Waals surface area (Å²) in [6, 6.07) is 31.1. The molecule has 0 amide bonds. The van der Waals surface area contributed by atoms with Crippen molar-refractivity contribution in [2.24, 2.45) is 0 Å². The predicted molar refractivity (Wildman–Crippen MR) is 211 cm³/mol. The van der Waals surface area contributed by atoms with E-state index >= 15 is 0 Å². The zero-order chi connectivity index (χ0) is 43.1. The smallest absolute Gasteiger partial charge is 0.163 e. The Balaban J connectivity index is 1.09. The Morgan fingerprint density at radius 2 is 1.17 bits per heavy atom. The topological polar surface area (TPSA) is 56.7 Å². The van der Waals surface area contributed by atoms with Gasteiger partial charge >= 0.3 is 0 Å². The van der Waals surface area contributed by atoms with Crippen molar-refractivity contribution in [1.29, 1.82) is 0 Å². The number of para-hydroxylation sites is 2. The second-order valence-electron chi connectivity index (χ2n) is 12.5. The molecular weight excluding hydrogens is 637 g/mol. The zero-order valence-corrected chi connectivity index (χ0v) is 27.5. The van der Waals surface area contributed by atoms with Crippen LogP contribution in [-0.2, 0) is 12.8 Å². The highest BCUT2D eigenvalue weighted by atomic mass is 16.3. The van der Waals surface area contributed by atoms with Gasteiger partial charge < -0.3 is 8.98 Å². The van der Waals surface area contributed by atoms with Gasteiger partial charge in [-0.05, 0) is 71.6 Å². The van der Waals surface area contributed by atoms with E-state index in [1.54, 1.807) is 0 Å². The summed E-state index contributed by atoms with van der Waals surface area (Å²) in [5.41, 5.74) is 6.89. The Labute approximate surface area is 314 Å². The second kappa shape index (κ2) is 12.5. The molecule has 0 atom stereocenters. The van der Waals surface area contributed by atoms with Crippen molar-refractivity contribution in [3.8, 4) is 28.5 Å². The number of aromatic nitrogens is 4. The molecule has 0 unspecified atom stereocenters. The molecule has 52 heavy (non-hydrogen) atoms. The van der Waals surface area contributed by atoms with Crippen molar-refractivity contribution in [1.82, 2.24) is 19.5 Å². The van der Waals surface area contributed by atoms with Crippen LogP contribution in [0.3, 0.4) is 0 Å². The van der Waals surface area contributed by atoms with Gasteiger partial charge in [-0.25, -0.2) is 15.0 Å². The molecule has 3 heterocycles. The number of nitrogens with zero attached hydrogens (tertiary/aromatic N) is 4. The molecule has 5 nitrogen and oxygen atoms in total. The van der Waals surface area contributed by atoms with E-state index in [-0.39, 0.29) is 35.0 Å². The van der Waals surface area contributed by atoms with Gasteiger partial charge in [-0.1, -0.05) is 121 Å². The summed E-state index contributed by atoms with van der Waals surface area (Å²) in [6.07, 6.45) is 0.667. The van der Waals surface area contributed by atoms with Crippen LogP contribution in [0.15, 0.2) is 174 Å². The molecule has 5 heteroatoms. The lowest BCUT2D eigenvalue weighted by Crippen LogP contribution is -2.04. The predicted octanol–water partition coefficient (Wildman–Crippen LogP) is 11.4. The molecule has 10 aromatic rings. The summed E-state index contributed by atoms with van der Waals surface area (Å²) in [7, 11) is 0. The van der Waals surface area contributed by atoms with Gasteiger partial charge in [0.25, 0.3) is 0 Å². The maximum atomic E-state index is 8.67. The maximum Gasteiger partial charge on any atom is 0.163 e. The molecule has 0 saturated carbocycles. The summed E-state index contributed by atoms with van der Waals surface area (Å²) in [4.78, 5) is 13.6. The fourth-order valence-electron chi connectivity index (χ4n) is 7.04. The van der Waals surface area contributed by atoms with Crippen LogP contribution in [0.4, 0.5) is 0 Å². The van der Waals surface area contributed by atoms with Crippen LogP contribution in [0, 0.1) is 0 Å². The number of furan rings is 1. The van der Waals surface area contributed by atoms with Crippen LogP contribution in [0.1, 0.15) is 36.2 Å². The summed E-state index contributed by atoms with van der Waals surface area (Å²) in [6.45, 7) is 0. The third kappa shape index (κ3) is 5.31. The third-order valence-corrected chi connectivity index (χ3v) is 9.28. The van der Waals surface area contributed by atoms with Gasteiger partial charge in [-0.2, -0.15) is 0 Å². The Morgan fingerprint density at radius 3 is 1.92 bits per heavy atom. The summed E-state index contributed by atoms with van der Waals surface area (Å²) in [5, 5.41) is 3.96. The molecule has 0 aliphatic heterocycles. The van der Waals surface area contributed by atoms with Crippen LogP contribution in [0.25, 0.3) is 72.2 Å². The minimum Gasteiger partial charge on any atom is -0.456 e. The average molecular weight is 679 g/mol. The summed E-state index contributed by atoms with van der Waals surface area (Å²) >= 11 is 0.